The minimum atomic E-state index is 0.464. The van der Waals surface area contributed by atoms with Crippen molar-refractivity contribution in [1.82, 2.24) is 15.2 Å². The maximum Gasteiger partial charge on any atom is 0.297 e. The van der Waals surface area contributed by atoms with Gasteiger partial charge in [-0.05, 0) is 26.8 Å². The van der Waals surface area contributed by atoms with Crippen LogP contribution in [0.1, 0.15) is 25.5 Å². The first-order valence-corrected chi connectivity index (χ1v) is 6.85. The van der Waals surface area contributed by atoms with E-state index in [1.54, 1.807) is 6.26 Å². The summed E-state index contributed by atoms with van der Waals surface area (Å²) in [6.07, 6.45) is 4.40. The molecule has 2 aliphatic rings. The zero-order chi connectivity index (χ0) is 12.5. The highest BCUT2D eigenvalue weighted by atomic mass is 16.4. The van der Waals surface area contributed by atoms with Gasteiger partial charge in [-0.15, -0.1) is 0 Å². The van der Waals surface area contributed by atoms with Crippen molar-refractivity contribution in [3.05, 3.63) is 12.0 Å². The SMILES string of the molecule is CC1CN(C)CCN1c1nc(CNC2CC2)co1. The van der Waals surface area contributed by atoms with E-state index < -0.39 is 0 Å². The number of likely N-dealkylation sites (N-methyl/N-ethyl adjacent to an activating group) is 1. The van der Waals surface area contributed by atoms with Crippen molar-refractivity contribution in [2.45, 2.75) is 38.4 Å². The van der Waals surface area contributed by atoms with Crippen LogP contribution in [0.5, 0.6) is 0 Å². The van der Waals surface area contributed by atoms with Gasteiger partial charge < -0.3 is 19.5 Å². The van der Waals surface area contributed by atoms with Gasteiger partial charge in [0.1, 0.15) is 6.26 Å². The van der Waals surface area contributed by atoms with E-state index in [9.17, 15) is 0 Å². The lowest BCUT2D eigenvalue weighted by atomic mass is 10.2. The van der Waals surface area contributed by atoms with Crippen LogP contribution in [0.3, 0.4) is 0 Å². The van der Waals surface area contributed by atoms with Crippen LogP contribution in [-0.2, 0) is 6.54 Å². The molecule has 1 saturated carbocycles. The molecule has 2 heterocycles. The fraction of sp³-hybridized carbons (Fsp3) is 0.769. The van der Waals surface area contributed by atoms with Crippen LogP contribution in [-0.4, -0.2) is 48.6 Å². The summed E-state index contributed by atoms with van der Waals surface area (Å²) in [5, 5.41) is 3.46. The molecule has 1 unspecified atom stereocenters. The molecule has 5 nitrogen and oxygen atoms in total. The van der Waals surface area contributed by atoms with Gasteiger partial charge in [0.05, 0.1) is 5.69 Å². The average molecular weight is 250 g/mol. The van der Waals surface area contributed by atoms with E-state index in [0.29, 0.717) is 12.1 Å². The highest BCUT2D eigenvalue weighted by Gasteiger charge is 2.25. The van der Waals surface area contributed by atoms with Gasteiger partial charge in [0.25, 0.3) is 6.01 Å². The van der Waals surface area contributed by atoms with Crippen molar-refractivity contribution in [3.63, 3.8) is 0 Å². The zero-order valence-electron chi connectivity index (χ0n) is 11.2. The Balaban J connectivity index is 1.60. The second-order valence-corrected chi connectivity index (χ2v) is 5.58. The lowest BCUT2D eigenvalue weighted by Crippen LogP contribution is -2.50. The number of hydrogen-bond acceptors (Lipinski definition) is 5. The van der Waals surface area contributed by atoms with Crippen LogP contribution in [0, 0.1) is 0 Å². The molecular weight excluding hydrogens is 228 g/mol. The topological polar surface area (TPSA) is 44.5 Å². The molecule has 5 heteroatoms. The van der Waals surface area contributed by atoms with Crippen LogP contribution < -0.4 is 10.2 Å². The van der Waals surface area contributed by atoms with Gasteiger partial charge in [0, 0.05) is 38.3 Å². The first kappa shape index (κ1) is 12.0. The molecule has 3 rings (SSSR count). The molecule has 0 aromatic carbocycles. The molecule has 2 fully saturated rings. The first-order valence-electron chi connectivity index (χ1n) is 6.85. The molecule has 1 aromatic heterocycles. The average Bonchev–Trinajstić information content (AvgIpc) is 3.05. The van der Waals surface area contributed by atoms with Crippen molar-refractivity contribution in [2.75, 3.05) is 31.6 Å². The Bertz CT molecular complexity index is 401. The van der Waals surface area contributed by atoms with E-state index >= 15 is 0 Å². The molecule has 0 spiro atoms. The summed E-state index contributed by atoms with van der Waals surface area (Å²) in [6, 6.07) is 1.96. The fourth-order valence-corrected chi connectivity index (χ4v) is 2.47. The Labute approximate surface area is 108 Å². The molecule has 18 heavy (non-hydrogen) atoms. The molecular formula is C13H22N4O. The van der Waals surface area contributed by atoms with Crippen molar-refractivity contribution >= 4 is 6.01 Å². The van der Waals surface area contributed by atoms with Gasteiger partial charge in [-0.1, -0.05) is 0 Å². The predicted octanol–water partition coefficient (Wildman–Crippen LogP) is 1.07. The summed E-state index contributed by atoms with van der Waals surface area (Å²) >= 11 is 0. The van der Waals surface area contributed by atoms with Gasteiger partial charge in [-0.2, -0.15) is 4.98 Å². The second-order valence-electron chi connectivity index (χ2n) is 5.58. The van der Waals surface area contributed by atoms with Crippen molar-refractivity contribution in [1.29, 1.82) is 0 Å². The maximum absolute atomic E-state index is 5.62. The van der Waals surface area contributed by atoms with E-state index in [1.165, 1.54) is 12.8 Å². The van der Waals surface area contributed by atoms with Crippen LogP contribution >= 0.6 is 0 Å². The summed E-state index contributed by atoms with van der Waals surface area (Å²) in [5.74, 6) is 0. The minimum absolute atomic E-state index is 0.464. The van der Waals surface area contributed by atoms with Crippen LogP contribution in [0.15, 0.2) is 10.7 Å². The summed E-state index contributed by atoms with van der Waals surface area (Å²) in [7, 11) is 2.16. The quantitative estimate of drug-likeness (QED) is 0.866. The Kier molecular flexibility index (Phi) is 3.26. The summed E-state index contributed by atoms with van der Waals surface area (Å²) in [4.78, 5) is 9.20. The molecule has 1 aliphatic heterocycles. The maximum atomic E-state index is 5.62. The third-order valence-electron chi connectivity index (χ3n) is 3.77. The summed E-state index contributed by atoms with van der Waals surface area (Å²) < 4.78 is 5.62. The second kappa shape index (κ2) is 4.90. The number of oxazole rings is 1. The minimum Gasteiger partial charge on any atom is -0.432 e. The smallest absolute Gasteiger partial charge is 0.297 e. The number of piperazine rings is 1. The molecule has 1 saturated heterocycles. The number of rotatable bonds is 4. The van der Waals surface area contributed by atoms with Crippen molar-refractivity contribution < 1.29 is 4.42 Å². The Morgan fingerprint density at radius 1 is 1.44 bits per heavy atom. The van der Waals surface area contributed by atoms with Gasteiger partial charge in [-0.25, -0.2) is 0 Å². The molecule has 1 N–H and O–H groups in total. The number of nitrogens with one attached hydrogen (secondary N) is 1. The van der Waals surface area contributed by atoms with Gasteiger partial charge in [0.2, 0.25) is 0 Å². The number of hydrogen-bond donors (Lipinski definition) is 1. The van der Waals surface area contributed by atoms with Gasteiger partial charge in [-0.3, -0.25) is 0 Å². The van der Waals surface area contributed by atoms with E-state index in [0.717, 1.165) is 37.9 Å². The summed E-state index contributed by atoms with van der Waals surface area (Å²) in [5.41, 5.74) is 1.02. The molecule has 0 amide bonds. The van der Waals surface area contributed by atoms with Gasteiger partial charge in [0.15, 0.2) is 0 Å². The molecule has 1 aromatic rings. The standard InChI is InChI=1S/C13H22N4O/c1-10-8-16(2)5-6-17(10)13-15-12(9-18-13)7-14-11-3-4-11/h9-11,14H,3-8H2,1-2H3. The predicted molar refractivity (Wildman–Crippen MR) is 70.7 cm³/mol. The van der Waals surface area contributed by atoms with E-state index in [-0.39, 0.29) is 0 Å². The van der Waals surface area contributed by atoms with Crippen LogP contribution in [0.25, 0.3) is 0 Å². The van der Waals surface area contributed by atoms with E-state index in [2.05, 4.69) is 34.1 Å². The molecule has 1 atom stereocenters. The number of aromatic nitrogens is 1. The lowest BCUT2D eigenvalue weighted by molar-refractivity contribution is 0.267. The van der Waals surface area contributed by atoms with E-state index in [4.69, 9.17) is 4.42 Å². The van der Waals surface area contributed by atoms with Crippen molar-refractivity contribution in [2.24, 2.45) is 0 Å². The third-order valence-corrected chi connectivity index (χ3v) is 3.77. The zero-order valence-corrected chi connectivity index (χ0v) is 11.2. The van der Waals surface area contributed by atoms with Crippen LogP contribution in [0.4, 0.5) is 6.01 Å². The normalized spacial score (nSPS) is 25.7. The Morgan fingerprint density at radius 3 is 3.00 bits per heavy atom. The largest absolute Gasteiger partial charge is 0.432 e. The Morgan fingerprint density at radius 2 is 2.28 bits per heavy atom. The van der Waals surface area contributed by atoms with Crippen molar-refractivity contribution in [3.8, 4) is 0 Å². The third kappa shape index (κ3) is 2.67. The molecule has 100 valence electrons. The molecule has 0 radical (unpaired) electrons. The monoisotopic (exact) mass is 250 g/mol. The lowest BCUT2D eigenvalue weighted by Gasteiger charge is -2.37. The van der Waals surface area contributed by atoms with E-state index in [1.807, 2.05) is 0 Å². The first-order chi connectivity index (χ1) is 8.72. The molecule has 1 aliphatic carbocycles. The highest BCUT2D eigenvalue weighted by Crippen LogP contribution is 2.21. The van der Waals surface area contributed by atoms with Gasteiger partial charge >= 0.3 is 0 Å². The Hall–Kier alpha value is -1.07. The number of nitrogens with zero attached hydrogens (tertiary/aromatic N) is 3. The number of anilines is 1. The van der Waals surface area contributed by atoms with Crippen LogP contribution in [0.2, 0.25) is 0 Å². The fourth-order valence-electron chi connectivity index (χ4n) is 2.47. The highest BCUT2D eigenvalue weighted by molar-refractivity contribution is 5.30. The molecule has 0 bridgehead atoms. The summed E-state index contributed by atoms with van der Waals surface area (Å²) in [6.45, 7) is 6.19.